The molecule has 1 aliphatic heterocycles. The third-order valence-corrected chi connectivity index (χ3v) is 3.33. The molecule has 0 aliphatic carbocycles. The molecule has 0 saturated carbocycles. The number of methoxy groups -OCH3 is 1. The van der Waals surface area contributed by atoms with E-state index in [-0.39, 0.29) is 0 Å². The second-order valence-electron chi connectivity index (χ2n) is 4.17. The highest BCUT2D eigenvalue weighted by molar-refractivity contribution is 5.31. The molecular weight excluding hydrogens is 186 g/mol. The zero-order valence-electron chi connectivity index (χ0n) is 9.49. The Morgan fingerprint density at radius 2 is 2.33 bits per heavy atom. The number of nitrogens with one attached hydrogen (secondary N) is 1. The van der Waals surface area contributed by atoms with Gasteiger partial charge in [0.2, 0.25) is 0 Å². The third-order valence-electron chi connectivity index (χ3n) is 3.33. The van der Waals surface area contributed by atoms with Crippen LogP contribution in [0.1, 0.15) is 31.4 Å². The maximum atomic E-state index is 5.26. The van der Waals surface area contributed by atoms with Crippen molar-refractivity contribution in [2.45, 2.75) is 25.8 Å². The van der Waals surface area contributed by atoms with Crippen molar-refractivity contribution in [1.82, 2.24) is 5.32 Å². The van der Waals surface area contributed by atoms with Gasteiger partial charge in [0, 0.05) is 6.04 Å². The minimum atomic E-state index is 0.519. The zero-order valence-corrected chi connectivity index (χ0v) is 9.49. The van der Waals surface area contributed by atoms with E-state index in [0.29, 0.717) is 6.04 Å². The molecule has 0 radical (unpaired) electrons. The van der Waals surface area contributed by atoms with Gasteiger partial charge in [-0.1, -0.05) is 25.5 Å². The van der Waals surface area contributed by atoms with Gasteiger partial charge in [-0.2, -0.15) is 0 Å². The molecular formula is C13H19NO. The molecule has 0 bridgehead atoms. The second-order valence-corrected chi connectivity index (χ2v) is 4.17. The van der Waals surface area contributed by atoms with Gasteiger partial charge < -0.3 is 10.1 Å². The summed E-state index contributed by atoms with van der Waals surface area (Å²) in [6, 6.07) is 8.92. The van der Waals surface area contributed by atoms with E-state index in [9.17, 15) is 0 Å². The lowest BCUT2D eigenvalue weighted by atomic mass is 9.92. The van der Waals surface area contributed by atoms with Gasteiger partial charge >= 0.3 is 0 Å². The van der Waals surface area contributed by atoms with Crippen molar-refractivity contribution >= 4 is 0 Å². The quantitative estimate of drug-likeness (QED) is 0.819. The van der Waals surface area contributed by atoms with E-state index < -0.39 is 0 Å². The van der Waals surface area contributed by atoms with Crippen LogP contribution in [0.25, 0.3) is 0 Å². The summed E-state index contributed by atoms with van der Waals surface area (Å²) in [5.74, 6) is 1.73. The van der Waals surface area contributed by atoms with Crippen molar-refractivity contribution < 1.29 is 4.74 Å². The Morgan fingerprint density at radius 3 is 3.07 bits per heavy atom. The molecule has 2 atom stereocenters. The monoisotopic (exact) mass is 205 g/mol. The number of benzene rings is 1. The van der Waals surface area contributed by atoms with Crippen molar-refractivity contribution in [3.05, 3.63) is 29.8 Å². The van der Waals surface area contributed by atoms with Crippen LogP contribution >= 0.6 is 0 Å². The largest absolute Gasteiger partial charge is 0.497 e. The Bertz CT molecular complexity index is 324. The van der Waals surface area contributed by atoms with Gasteiger partial charge in [0.25, 0.3) is 0 Å². The summed E-state index contributed by atoms with van der Waals surface area (Å²) in [7, 11) is 1.72. The molecule has 1 aliphatic rings. The van der Waals surface area contributed by atoms with E-state index in [4.69, 9.17) is 4.74 Å². The average molecular weight is 205 g/mol. The maximum Gasteiger partial charge on any atom is 0.119 e. The highest BCUT2D eigenvalue weighted by Crippen LogP contribution is 2.32. The van der Waals surface area contributed by atoms with Crippen LogP contribution in [0.4, 0.5) is 0 Å². The molecule has 1 fully saturated rings. The smallest absolute Gasteiger partial charge is 0.119 e. The predicted molar refractivity (Wildman–Crippen MR) is 62.1 cm³/mol. The third kappa shape index (κ3) is 2.15. The molecule has 2 heteroatoms. The van der Waals surface area contributed by atoms with Gasteiger partial charge in [0.05, 0.1) is 7.11 Å². The zero-order chi connectivity index (χ0) is 10.7. The number of ether oxygens (including phenoxy) is 1. The highest BCUT2D eigenvalue weighted by atomic mass is 16.5. The first-order valence-electron chi connectivity index (χ1n) is 5.72. The van der Waals surface area contributed by atoms with Crippen molar-refractivity contribution in [2.24, 2.45) is 5.92 Å². The Kier molecular flexibility index (Phi) is 3.27. The Hall–Kier alpha value is -1.02. The molecule has 1 aromatic rings. The summed E-state index contributed by atoms with van der Waals surface area (Å²) >= 11 is 0. The van der Waals surface area contributed by atoms with Crippen LogP contribution in [-0.4, -0.2) is 13.7 Å². The van der Waals surface area contributed by atoms with Gasteiger partial charge in [0.1, 0.15) is 5.75 Å². The van der Waals surface area contributed by atoms with Crippen molar-refractivity contribution in [2.75, 3.05) is 13.7 Å². The molecule has 2 rings (SSSR count). The van der Waals surface area contributed by atoms with Crippen LogP contribution in [0.2, 0.25) is 0 Å². The molecule has 0 unspecified atom stereocenters. The summed E-state index contributed by atoms with van der Waals surface area (Å²) in [5.41, 5.74) is 1.36. The van der Waals surface area contributed by atoms with Gasteiger partial charge in [-0.05, 0) is 36.6 Å². The SMILES string of the molecule is CC[C@@H]1CCN[C@@H]1c1cccc(OC)c1. The molecule has 0 amide bonds. The van der Waals surface area contributed by atoms with Crippen molar-refractivity contribution in [1.29, 1.82) is 0 Å². The van der Waals surface area contributed by atoms with Crippen molar-refractivity contribution in [3.8, 4) is 5.75 Å². The number of rotatable bonds is 3. The van der Waals surface area contributed by atoms with Crippen LogP contribution < -0.4 is 10.1 Å². The van der Waals surface area contributed by atoms with Crippen LogP contribution in [0.3, 0.4) is 0 Å². The Morgan fingerprint density at radius 1 is 1.47 bits per heavy atom. The van der Waals surface area contributed by atoms with Gasteiger partial charge in [-0.15, -0.1) is 0 Å². The van der Waals surface area contributed by atoms with Gasteiger partial charge in [0.15, 0.2) is 0 Å². The lowest BCUT2D eigenvalue weighted by molar-refractivity contribution is 0.409. The van der Waals surface area contributed by atoms with Crippen molar-refractivity contribution in [3.63, 3.8) is 0 Å². The normalized spacial score (nSPS) is 25.5. The van der Waals surface area contributed by atoms with E-state index in [2.05, 4.69) is 30.4 Å². The summed E-state index contributed by atoms with van der Waals surface area (Å²) in [4.78, 5) is 0. The summed E-state index contributed by atoms with van der Waals surface area (Å²) in [6.45, 7) is 3.41. The lowest BCUT2D eigenvalue weighted by Crippen LogP contribution is -2.17. The first kappa shape index (κ1) is 10.5. The fraction of sp³-hybridized carbons (Fsp3) is 0.538. The molecule has 1 saturated heterocycles. The van der Waals surface area contributed by atoms with E-state index in [1.807, 2.05) is 6.07 Å². The molecule has 0 spiro atoms. The second kappa shape index (κ2) is 4.67. The molecule has 0 aromatic heterocycles. The Balaban J connectivity index is 2.20. The van der Waals surface area contributed by atoms with E-state index >= 15 is 0 Å². The lowest BCUT2D eigenvalue weighted by Gasteiger charge is -2.18. The first-order valence-corrected chi connectivity index (χ1v) is 5.72. The minimum absolute atomic E-state index is 0.519. The van der Waals surface area contributed by atoms with Crippen LogP contribution in [0, 0.1) is 5.92 Å². The summed E-state index contributed by atoms with van der Waals surface area (Å²) < 4.78 is 5.26. The van der Waals surface area contributed by atoms with Crippen LogP contribution in [0.5, 0.6) is 5.75 Å². The molecule has 1 N–H and O–H groups in total. The molecule has 2 nitrogen and oxygen atoms in total. The van der Waals surface area contributed by atoms with Crippen LogP contribution in [0.15, 0.2) is 24.3 Å². The van der Waals surface area contributed by atoms with E-state index in [0.717, 1.165) is 18.2 Å². The van der Waals surface area contributed by atoms with Gasteiger partial charge in [-0.3, -0.25) is 0 Å². The number of hydrogen-bond donors (Lipinski definition) is 1. The fourth-order valence-electron chi connectivity index (χ4n) is 2.42. The van der Waals surface area contributed by atoms with E-state index in [1.54, 1.807) is 7.11 Å². The Labute approximate surface area is 91.6 Å². The van der Waals surface area contributed by atoms with E-state index in [1.165, 1.54) is 18.4 Å². The predicted octanol–water partition coefficient (Wildman–Crippen LogP) is 2.76. The number of hydrogen-bond acceptors (Lipinski definition) is 2. The molecule has 1 heterocycles. The molecule has 15 heavy (non-hydrogen) atoms. The van der Waals surface area contributed by atoms with Crippen LogP contribution in [-0.2, 0) is 0 Å². The average Bonchev–Trinajstić information content (AvgIpc) is 2.77. The standard InChI is InChI=1S/C13H19NO/c1-3-10-7-8-14-13(10)11-5-4-6-12(9-11)15-2/h4-6,9-10,13-14H,3,7-8H2,1-2H3/t10-,13+/m1/s1. The summed E-state index contributed by atoms with van der Waals surface area (Å²) in [5, 5.41) is 3.57. The van der Waals surface area contributed by atoms with Gasteiger partial charge in [-0.25, -0.2) is 0 Å². The highest BCUT2D eigenvalue weighted by Gasteiger charge is 2.26. The first-order chi connectivity index (χ1) is 7.35. The fourth-order valence-corrected chi connectivity index (χ4v) is 2.42. The molecule has 1 aromatic carbocycles. The summed E-state index contributed by atoms with van der Waals surface area (Å²) in [6.07, 6.45) is 2.53. The topological polar surface area (TPSA) is 21.3 Å². The molecule has 82 valence electrons. The minimum Gasteiger partial charge on any atom is -0.497 e. The maximum absolute atomic E-state index is 5.26.